The quantitative estimate of drug-likeness (QED) is 0.867. The molecule has 1 amide bonds. The summed E-state index contributed by atoms with van der Waals surface area (Å²) in [6.07, 6.45) is 2.17. The molecule has 1 aliphatic carbocycles. The molecule has 0 aromatic heterocycles. The van der Waals surface area contributed by atoms with E-state index in [4.69, 9.17) is 4.74 Å². The van der Waals surface area contributed by atoms with Crippen molar-refractivity contribution in [2.45, 2.75) is 38.6 Å². The van der Waals surface area contributed by atoms with Crippen LogP contribution in [0.2, 0.25) is 0 Å². The predicted molar refractivity (Wildman–Crippen MR) is 85.2 cm³/mol. The number of nitrogens with zero attached hydrogens (tertiary/aromatic N) is 1. The van der Waals surface area contributed by atoms with Crippen molar-refractivity contribution in [1.82, 2.24) is 4.90 Å². The molecular weight excluding hydrogens is 294 g/mol. The molecule has 0 radical (unpaired) electrons. The van der Waals surface area contributed by atoms with Crippen molar-refractivity contribution < 1.29 is 19.4 Å². The third kappa shape index (κ3) is 3.19. The second-order valence-electron chi connectivity index (χ2n) is 6.66. The smallest absolute Gasteiger partial charge is 0.407 e. The Hall–Kier alpha value is -2.04. The van der Waals surface area contributed by atoms with Crippen molar-refractivity contribution in [1.29, 1.82) is 0 Å². The highest BCUT2D eigenvalue weighted by atomic mass is 16.5. The summed E-state index contributed by atoms with van der Waals surface area (Å²) in [6, 6.07) is 6.31. The molecule has 2 unspecified atom stereocenters. The zero-order valence-electron chi connectivity index (χ0n) is 13.6. The lowest BCUT2D eigenvalue weighted by molar-refractivity contribution is -0.145. The van der Waals surface area contributed by atoms with Crippen LogP contribution >= 0.6 is 0 Å². The number of carbonyl (C=O) groups excluding carboxylic acids is 1. The van der Waals surface area contributed by atoms with Gasteiger partial charge in [-0.15, -0.1) is 0 Å². The maximum Gasteiger partial charge on any atom is 0.407 e. The van der Waals surface area contributed by atoms with Crippen molar-refractivity contribution in [2.75, 3.05) is 13.7 Å². The highest BCUT2D eigenvalue weighted by molar-refractivity contribution is 5.73. The van der Waals surface area contributed by atoms with Gasteiger partial charge < -0.3 is 14.7 Å². The van der Waals surface area contributed by atoms with Crippen LogP contribution in [0.15, 0.2) is 18.2 Å². The van der Waals surface area contributed by atoms with Crippen LogP contribution in [-0.2, 0) is 22.5 Å². The third-order valence-electron chi connectivity index (χ3n) is 5.14. The van der Waals surface area contributed by atoms with Crippen molar-refractivity contribution in [3.8, 4) is 0 Å². The molecule has 1 aromatic carbocycles. The molecule has 23 heavy (non-hydrogen) atoms. The molecular formula is C18H23NO4. The normalized spacial score (nSPS) is 19.7. The first kappa shape index (κ1) is 15.8. The van der Waals surface area contributed by atoms with Gasteiger partial charge in [0.25, 0.3) is 0 Å². The van der Waals surface area contributed by atoms with Crippen molar-refractivity contribution in [2.24, 2.45) is 11.8 Å². The van der Waals surface area contributed by atoms with E-state index in [0.717, 1.165) is 30.4 Å². The first-order chi connectivity index (χ1) is 11.0. The number of rotatable bonds is 4. The first-order valence-corrected chi connectivity index (χ1v) is 8.18. The van der Waals surface area contributed by atoms with Crippen LogP contribution in [0.25, 0.3) is 0 Å². The fourth-order valence-corrected chi connectivity index (χ4v) is 3.70. The molecule has 1 saturated carbocycles. The van der Waals surface area contributed by atoms with E-state index >= 15 is 0 Å². The SMILES string of the molecule is COC(=O)C(C)C(c1ccc2c(c1)CN(C(=O)O)CC2)C1CC1. The van der Waals surface area contributed by atoms with Gasteiger partial charge in [-0.3, -0.25) is 4.79 Å². The van der Waals surface area contributed by atoms with Crippen LogP contribution < -0.4 is 0 Å². The largest absolute Gasteiger partial charge is 0.469 e. The monoisotopic (exact) mass is 317 g/mol. The molecule has 1 aliphatic heterocycles. The number of carboxylic acid groups (broad SMARTS) is 1. The van der Waals surface area contributed by atoms with E-state index in [1.54, 1.807) is 0 Å². The van der Waals surface area contributed by atoms with Gasteiger partial charge in [0, 0.05) is 13.1 Å². The Morgan fingerprint density at radius 1 is 1.30 bits per heavy atom. The van der Waals surface area contributed by atoms with Gasteiger partial charge in [-0.05, 0) is 47.8 Å². The average molecular weight is 317 g/mol. The first-order valence-electron chi connectivity index (χ1n) is 8.18. The van der Waals surface area contributed by atoms with Crippen molar-refractivity contribution in [3.63, 3.8) is 0 Å². The number of hydrogen-bond donors (Lipinski definition) is 1. The van der Waals surface area contributed by atoms with Crippen LogP contribution in [-0.4, -0.2) is 35.7 Å². The van der Waals surface area contributed by atoms with Gasteiger partial charge >= 0.3 is 12.1 Å². The Morgan fingerprint density at radius 2 is 2.04 bits per heavy atom. The minimum absolute atomic E-state index is 0.160. The highest BCUT2D eigenvalue weighted by Gasteiger charge is 2.39. The van der Waals surface area contributed by atoms with Crippen LogP contribution in [0.1, 0.15) is 42.4 Å². The van der Waals surface area contributed by atoms with Crippen LogP contribution in [0.3, 0.4) is 0 Å². The third-order valence-corrected chi connectivity index (χ3v) is 5.14. The summed E-state index contributed by atoms with van der Waals surface area (Å²) in [7, 11) is 1.43. The van der Waals surface area contributed by atoms with Crippen molar-refractivity contribution >= 4 is 12.1 Å². The molecule has 5 nitrogen and oxygen atoms in total. The molecule has 2 aliphatic rings. The molecule has 0 bridgehead atoms. The molecule has 1 N–H and O–H groups in total. The minimum atomic E-state index is -0.872. The Kier molecular flexibility index (Phi) is 4.28. The fourth-order valence-electron chi connectivity index (χ4n) is 3.70. The maximum atomic E-state index is 12.0. The molecule has 0 saturated heterocycles. The molecule has 1 fully saturated rings. The molecule has 1 aromatic rings. The molecule has 5 heteroatoms. The van der Waals surface area contributed by atoms with E-state index in [2.05, 4.69) is 18.2 Å². The summed E-state index contributed by atoms with van der Waals surface area (Å²) in [6.45, 7) is 2.91. The summed E-state index contributed by atoms with van der Waals surface area (Å²) in [5.74, 6) is 0.339. The van der Waals surface area contributed by atoms with Crippen LogP contribution in [0.5, 0.6) is 0 Å². The summed E-state index contributed by atoms with van der Waals surface area (Å²) in [4.78, 5) is 24.6. The number of hydrogen-bond acceptors (Lipinski definition) is 3. The zero-order chi connectivity index (χ0) is 16.6. The number of fused-ring (bicyclic) bond motifs is 1. The van der Waals surface area contributed by atoms with Gasteiger partial charge in [0.05, 0.1) is 13.0 Å². The van der Waals surface area contributed by atoms with Crippen molar-refractivity contribution in [3.05, 3.63) is 34.9 Å². The Balaban J connectivity index is 1.88. The highest BCUT2D eigenvalue weighted by Crippen LogP contribution is 2.47. The Bertz CT molecular complexity index is 623. The number of carbonyl (C=O) groups is 2. The lowest BCUT2D eigenvalue weighted by Crippen LogP contribution is -2.35. The predicted octanol–water partition coefficient (Wildman–Crippen LogP) is 3.03. The number of esters is 1. The maximum absolute atomic E-state index is 12.0. The lowest BCUT2D eigenvalue weighted by atomic mass is 9.81. The minimum Gasteiger partial charge on any atom is -0.469 e. The lowest BCUT2D eigenvalue weighted by Gasteiger charge is -2.29. The Labute approximate surface area is 136 Å². The van der Waals surface area contributed by atoms with Gasteiger partial charge in [-0.1, -0.05) is 25.1 Å². The van der Waals surface area contributed by atoms with Crippen LogP contribution in [0.4, 0.5) is 4.79 Å². The number of amides is 1. The second kappa shape index (κ2) is 6.22. The van der Waals surface area contributed by atoms with E-state index in [-0.39, 0.29) is 17.8 Å². The van der Waals surface area contributed by atoms with Gasteiger partial charge in [0.15, 0.2) is 0 Å². The second-order valence-corrected chi connectivity index (χ2v) is 6.66. The van der Waals surface area contributed by atoms with Gasteiger partial charge in [0.1, 0.15) is 0 Å². The van der Waals surface area contributed by atoms with Gasteiger partial charge in [-0.2, -0.15) is 0 Å². The van der Waals surface area contributed by atoms with Crippen LogP contribution in [0, 0.1) is 11.8 Å². The van der Waals surface area contributed by atoms with Gasteiger partial charge in [0.2, 0.25) is 0 Å². The topological polar surface area (TPSA) is 66.8 Å². The summed E-state index contributed by atoms with van der Waals surface area (Å²) < 4.78 is 4.93. The summed E-state index contributed by atoms with van der Waals surface area (Å²) >= 11 is 0. The average Bonchev–Trinajstić information content (AvgIpc) is 3.38. The van der Waals surface area contributed by atoms with E-state index < -0.39 is 6.09 Å². The molecule has 1 heterocycles. The van der Waals surface area contributed by atoms with E-state index in [1.807, 2.05) is 6.92 Å². The number of benzene rings is 1. The molecule has 124 valence electrons. The zero-order valence-corrected chi connectivity index (χ0v) is 13.6. The Morgan fingerprint density at radius 3 is 2.65 bits per heavy atom. The molecule has 3 rings (SSSR count). The fraction of sp³-hybridized carbons (Fsp3) is 0.556. The molecule has 2 atom stereocenters. The van der Waals surface area contributed by atoms with Gasteiger partial charge in [-0.25, -0.2) is 4.79 Å². The number of methoxy groups -OCH3 is 1. The summed E-state index contributed by atoms with van der Waals surface area (Å²) in [5, 5.41) is 9.20. The molecule has 0 spiro atoms. The van der Waals surface area contributed by atoms with E-state index in [0.29, 0.717) is 19.0 Å². The summed E-state index contributed by atoms with van der Waals surface area (Å²) in [5.41, 5.74) is 3.42. The van der Waals surface area contributed by atoms with E-state index in [9.17, 15) is 14.7 Å². The standard InChI is InChI=1S/C18H23NO4/c1-11(17(20)23-2)16(13-4-5-13)14-6-3-12-7-8-19(18(21)22)10-15(12)9-14/h3,6,9,11,13,16H,4-5,7-8,10H2,1-2H3,(H,21,22). The van der Waals surface area contributed by atoms with E-state index in [1.165, 1.54) is 17.6 Å². The number of ether oxygens (including phenoxy) is 1.